The number of rotatable bonds is 1. The highest BCUT2D eigenvalue weighted by Crippen LogP contribution is 2.57. The van der Waals surface area contributed by atoms with Gasteiger partial charge in [0.2, 0.25) is 4.87 Å². The highest BCUT2D eigenvalue weighted by Gasteiger charge is 2.58. The molecule has 0 saturated carbocycles. The van der Waals surface area contributed by atoms with Crippen molar-refractivity contribution in [1.82, 2.24) is 10.4 Å². The van der Waals surface area contributed by atoms with Crippen molar-refractivity contribution in [3.63, 3.8) is 0 Å². The van der Waals surface area contributed by atoms with Crippen LogP contribution in [0.5, 0.6) is 0 Å². The van der Waals surface area contributed by atoms with Gasteiger partial charge in [0.05, 0.1) is 5.69 Å². The molecular formula is C18H14N4OS2. The molecule has 5 nitrogen and oxygen atoms in total. The number of nitrogens with one attached hydrogen (secondary N) is 2. The minimum atomic E-state index is -0.803. The van der Waals surface area contributed by atoms with E-state index in [1.54, 1.807) is 11.8 Å². The van der Waals surface area contributed by atoms with Crippen molar-refractivity contribution in [3.8, 4) is 0 Å². The monoisotopic (exact) mass is 366 g/mol. The zero-order chi connectivity index (χ0) is 17.0. The Morgan fingerprint density at radius 3 is 2.92 bits per heavy atom. The Hall–Kier alpha value is -2.38. The minimum absolute atomic E-state index is 0.0325. The van der Waals surface area contributed by atoms with E-state index in [2.05, 4.69) is 15.7 Å². The lowest BCUT2D eigenvalue weighted by Gasteiger charge is -2.31. The summed E-state index contributed by atoms with van der Waals surface area (Å²) in [5.74, 6) is -0.0325. The molecule has 1 amide bonds. The van der Waals surface area contributed by atoms with E-state index in [-0.39, 0.29) is 5.91 Å². The summed E-state index contributed by atoms with van der Waals surface area (Å²) in [6.07, 6.45) is 0. The fraction of sp³-hybridized carbons (Fsp3) is 0.111. The number of aryl methyl sites for hydroxylation is 1. The third kappa shape index (κ3) is 2.12. The van der Waals surface area contributed by atoms with Gasteiger partial charge in [0, 0.05) is 16.7 Å². The molecule has 25 heavy (non-hydrogen) atoms. The lowest BCUT2D eigenvalue weighted by molar-refractivity contribution is -0.121. The van der Waals surface area contributed by atoms with Crippen LogP contribution in [0.4, 0.5) is 11.4 Å². The van der Waals surface area contributed by atoms with Crippen molar-refractivity contribution in [2.75, 3.05) is 5.32 Å². The summed E-state index contributed by atoms with van der Waals surface area (Å²) in [7, 11) is 0. The van der Waals surface area contributed by atoms with Crippen LogP contribution in [0.2, 0.25) is 0 Å². The molecule has 1 spiro atoms. The number of anilines is 1. The van der Waals surface area contributed by atoms with Gasteiger partial charge in [-0.2, -0.15) is 0 Å². The molecule has 2 aromatic rings. The maximum atomic E-state index is 12.8. The second-order valence-electron chi connectivity index (χ2n) is 6.02. The molecule has 0 aliphatic carbocycles. The van der Waals surface area contributed by atoms with E-state index < -0.39 is 4.87 Å². The summed E-state index contributed by atoms with van der Waals surface area (Å²) in [5.41, 5.74) is 7.23. The Balaban J connectivity index is 1.52. The number of amidine groups is 1. The number of aliphatic imine (C=N–C) groups is 1. The second kappa shape index (κ2) is 5.31. The van der Waals surface area contributed by atoms with Crippen LogP contribution in [-0.2, 0) is 9.67 Å². The zero-order valence-electron chi connectivity index (χ0n) is 13.3. The first-order chi connectivity index (χ1) is 12.2. The van der Waals surface area contributed by atoms with Crippen molar-refractivity contribution in [1.29, 1.82) is 0 Å². The predicted molar refractivity (Wildman–Crippen MR) is 103 cm³/mol. The molecule has 1 saturated heterocycles. The third-order valence-electron chi connectivity index (χ3n) is 4.35. The van der Waals surface area contributed by atoms with E-state index in [1.807, 2.05) is 65.9 Å². The van der Waals surface area contributed by atoms with Gasteiger partial charge in [-0.15, -0.1) is 0 Å². The largest absolute Gasteiger partial charge is 0.322 e. The van der Waals surface area contributed by atoms with Gasteiger partial charge >= 0.3 is 0 Å². The predicted octanol–water partition coefficient (Wildman–Crippen LogP) is 3.89. The number of thioether (sulfide) groups is 2. The standard InChI is InChI=1S/C18H14N4OS2/c1-11-5-4-6-12(9-11)19-17-21-22-15(25-17)10-24-18(22)13-7-2-3-8-14(13)20-16(18)23/h2-10H,1H3,(H,19,21)(H,20,23). The first-order valence-electron chi connectivity index (χ1n) is 7.86. The van der Waals surface area contributed by atoms with Gasteiger partial charge in [-0.25, -0.2) is 10.0 Å². The molecule has 0 bridgehead atoms. The topological polar surface area (TPSA) is 56.7 Å². The third-order valence-corrected chi connectivity index (χ3v) is 6.66. The van der Waals surface area contributed by atoms with Gasteiger partial charge in [-0.3, -0.25) is 10.2 Å². The molecule has 7 heteroatoms. The van der Waals surface area contributed by atoms with E-state index in [0.29, 0.717) is 0 Å². The molecule has 3 aliphatic rings. The van der Waals surface area contributed by atoms with Crippen LogP contribution in [-0.4, -0.2) is 16.1 Å². The Morgan fingerprint density at radius 1 is 1.16 bits per heavy atom. The van der Waals surface area contributed by atoms with Crippen LogP contribution >= 0.6 is 23.5 Å². The van der Waals surface area contributed by atoms with E-state index >= 15 is 0 Å². The number of fused-ring (bicyclic) bond motifs is 4. The smallest absolute Gasteiger partial charge is 0.267 e. The summed E-state index contributed by atoms with van der Waals surface area (Å²) in [5, 5.41) is 8.71. The number of hydrazine groups is 1. The molecule has 1 fully saturated rings. The van der Waals surface area contributed by atoms with Crippen molar-refractivity contribution >= 4 is 46.0 Å². The normalized spacial score (nSPS) is 25.0. The molecule has 2 aromatic carbocycles. The van der Waals surface area contributed by atoms with Gasteiger partial charge < -0.3 is 5.32 Å². The lowest BCUT2D eigenvalue weighted by Crippen LogP contribution is -2.49. The molecule has 3 heterocycles. The Labute approximate surface area is 153 Å². The molecule has 5 rings (SSSR count). The highest BCUT2D eigenvalue weighted by molar-refractivity contribution is 8.18. The number of carbonyl (C=O) groups excluding carboxylic acids is 1. The van der Waals surface area contributed by atoms with Gasteiger partial charge in [0.15, 0.2) is 5.17 Å². The quantitative estimate of drug-likeness (QED) is 0.802. The van der Waals surface area contributed by atoms with Crippen LogP contribution in [0.1, 0.15) is 11.1 Å². The summed E-state index contributed by atoms with van der Waals surface area (Å²) in [4.78, 5) is 16.7. The van der Waals surface area contributed by atoms with Crippen LogP contribution in [0, 0.1) is 6.92 Å². The average molecular weight is 366 g/mol. The fourth-order valence-corrected chi connectivity index (χ4v) is 5.48. The average Bonchev–Trinajstić information content (AvgIpc) is 3.22. The van der Waals surface area contributed by atoms with Crippen molar-refractivity contribution in [2.45, 2.75) is 11.8 Å². The molecule has 0 aromatic heterocycles. The van der Waals surface area contributed by atoms with Gasteiger partial charge in [0.25, 0.3) is 5.91 Å². The van der Waals surface area contributed by atoms with Gasteiger partial charge in [-0.1, -0.05) is 42.1 Å². The number of hydrogen-bond acceptors (Lipinski definition) is 5. The number of amides is 1. The van der Waals surface area contributed by atoms with Gasteiger partial charge in [0.1, 0.15) is 5.03 Å². The Bertz CT molecular complexity index is 971. The number of nitrogens with zero attached hydrogens (tertiary/aromatic N) is 2. The molecule has 2 N–H and O–H groups in total. The molecule has 3 aliphatic heterocycles. The lowest BCUT2D eigenvalue weighted by atomic mass is 10.1. The maximum absolute atomic E-state index is 12.8. The maximum Gasteiger partial charge on any atom is 0.267 e. The van der Waals surface area contributed by atoms with Crippen LogP contribution < -0.4 is 10.7 Å². The Kier molecular flexibility index (Phi) is 3.17. The minimum Gasteiger partial charge on any atom is -0.322 e. The van der Waals surface area contributed by atoms with Crippen molar-refractivity contribution in [2.24, 2.45) is 4.99 Å². The van der Waals surface area contributed by atoms with E-state index in [0.717, 1.165) is 27.1 Å². The molecule has 1 unspecified atom stereocenters. The first-order valence-corrected chi connectivity index (χ1v) is 9.55. The summed E-state index contributed by atoms with van der Waals surface area (Å²) in [6, 6.07) is 15.9. The van der Waals surface area contributed by atoms with E-state index in [4.69, 9.17) is 0 Å². The number of para-hydroxylation sites is 1. The van der Waals surface area contributed by atoms with Gasteiger partial charge in [-0.05, 0) is 42.4 Å². The molecular weight excluding hydrogens is 352 g/mol. The molecule has 0 radical (unpaired) electrons. The molecule has 1 atom stereocenters. The van der Waals surface area contributed by atoms with Crippen LogP contribution in [0.25, 0.3) is 0 Å². The number of carbonyl (C=O) groups is 1. The van der Waals surface area contributed by atoms with Crippen LogP contribution in [0.15, 0.2) is 64.0 Å². The van der Waals surface area contributed by atoms with E-state index in [9.17, 15) is 4.79 Å². The summed E-state index contributed by atoms with van der Waals surface area (Å²) in [6.45, 7) is 2.05. The molecule has 124 valence electrons. The highest BCUT2D eigenvalue weighted by atomic mass is 32.2. The summed E-state index contributed by atoms with van der Waals surface area (Å²) >= 11 is 3.06. The fourth-order valence-electron chi connectivity index (χ4n) is 3.24. The number of benzene rings is 2. The first kappa shape index (κ1) is 14.9. The van der Waals surface area contributed by atoms with E-state index in [1.165, 1.54) is 17.3 Å². The van der Waals surface area contributed by atoms with Crippen LogP contribution in [0.3, 0.4) is 0 Å². The van der Waals surface area contributed by atoms with Crippen molar-refractivity contribution in [3.05, 3.63) is 70.1 Å². The number of hydrogen-bond donors (Lipinski definition) is 2. The second-order valence-corrected chi connectivity index (χ2v) is 8.09. The Morgan fingerprint density at radius 2 is 2.04 bits per heavy atom. The van der Waals surface area contributed by atoms with Crippen molar-refractivity contribution < 1.29 is 4.79 Å². The summed E-state index contributed by atoms with van der Waals surface area (Å²) < 4.78 is 0. The zero-order valence-corrected chi connectivity index (χ0v) is 14.9. The SMILES string of the molecule is Cc1cccc(N=C2NN3C(=CSC34C(=O)Nc3ccccc34)S2)c1.